The maximum Gasteiger partial charge on any atom is 0.272 e. The lowest BCUT2D eigenvalue weighted by Gasteiger charge is -2.25. The Morgan fingerprint density at radius 3 is 2.52 bits per heavy atom. The first-order valence-electron chi connectivity index (χ1n) is 8.46. The number of H-pyrrole nitrogens is 1. The van der Waals surface area contributed by atoms with Crippen LogP contribution in [0.3, 0.4) is 0 Å². The summed E-state index contributed by atoms with van der Waals surface area (Å²) in [6.07, 6.45) is 1.54. The normalized spacial score (nSPS) is 17.2. The van der Waals surface area contributed by atoms with Crippen molar-refractivity contribution in [2.24, 2.45) is 0 Å². The largest absolute Gasteiger partial charge is 0.379 e. The molecule has 1 saturated heterocycles. The predicted molar refractivity (Wildman–Crippen MR) is 95.9 cm³/mol. The average molecular weight is 362 g/mol. The van der Waals surface area contributed by atoms with Gasteiger partial charge in [-0.3, -0.25) is 5.32 Å². The average Bonchev–Trinajstić information content (AvgIpc) is 2.68. The zero-order chi connectivity index (χ0) is 17.7. The molecule has 25 heavy (non-hydrogen) atoms. The van der Waals surface area contributed by atoms with Crippen molar-refractivity contribution in [3.05, 3.63) is 54.2 Å². The first-order valence-corrected chi connectivity index (χ1v) is 9.90. The molecule has 2 aromatic rings. The molecule has 6 nitrogen and oxygen atoms in total. The van der Waals surface area contributed by atoms with Crippen LogP contribution in [-0.2, 0) is 14.8 Å². The molecule has 0 amide bonds. The first-order chi connectivity index (χ1) is 12.1. The molecule has 134 valence electrons. The van der Waals surface area contributed by atoms with E-state index in [4.69, 9.17) is 4.74 Å². The number of nitrogens with one attached hydrogen (secondary N) is 2. The van der Waals surface area contributed by atoms with E-state index in [1.807, 2.05) is 18.2 Å². The van der Waals surface area contributed by atoms with Gasteiger partial charge in [0.25, 0.3) is 5.82 Å². The lowest BCUT2D eigenvalue weighted by Crippen LogP contribution is -2.40. The summed E-state index contributed by atoms with van der Waals surface area (Å²) in [4.78, 5) is 3.31. The van der Waals surface area contributed by atoms with Crippen molar-refractivity contribution < 1.29 is 18.1 Å². The lowest BCUT2D eigenvalue weighted by atomic mass is 10.0. The molecule has 2 N–H and O–H groups in total. The number of rotatable bonds is 6. The van der Waals surface area contributed by atoms with Crippen LogP contribution in [0.2, 0.25) is 0 Å². The second kappa shape index (κ2) is 7.95. The second-order valence-corrected chi connectivity index (χ2v) is 8.09. The number of hydrogen-bond donors (Lipinski definition) is 1. The number of hydrogen-bond acceptors (Lipinski definition) is 4. The van der Waals surface area contributed by atoms with Gasteiger partial charge < -0.3 is 4.74 Å². The number of pyridine rings is 1. The fraction of sp³-hybridized carbons (Fsp3) is 0.389. The van der Waals surface area contributed by atoms with E-state index in [0.29, 0.717) is 32.2 Å². The molecule has 0 radical (unpaired) electrons. The molecule has 0 aliphatic carbocycles. The third kappa shape index (κ3) is 4.36. The highest BCUT2D eigenvalue weighted by Crippen LogP contribution is 2.17. The first kappa shape index (κ1) is 17.8. The van der Waals surface area contributed by atoms with E-state index in [9.17, 15) is 8.42 Å². The topological polar surface area (TPSA) is 72.8 Å². The third-order valence-corrected chi connectivity index (χ3v) is 6.25. The van der Waals surface area contributed by atoms with Gasteiger partial charge in [-0.15, -0.1) is 0 Å². The molecular weight excluding hydrogens is 338 g/mol. The highest BCUT2D eigenvalue weighted by Gasteiger charge is 2.27. The Bertz CT molecular complexity index is 773. The van der Waals surface area contributed by atoms with Gasteiger partial charge in [0.05, 0.1) is 19.8 Å². The summed E-state index contributed by atoms with van der Waals surface area (Å²) < 4.78 is 31.8. The summed E-state index contributed by atoms with van der Waals surface area (Å²) in [6.45, 7) is 4.60. The van der Waals surface area contributed by atoms with Crippen LogP contribution in [0.5, 0.6) is 0 Å². The monoisotopic (exact) mass is 362 g/mol. The van der Waals surface area contributed by atoms with Crippen molar-refractivity contribution >= 4 is 15.8 Å². The highest BCUT2D eigenvalue weighted by atomic mass is 32.2. The van der Waals surface area contributed by atoms with Gasteiger partial charge in [0.15, 0.2) is 0 Å². The van der Waals surface area contributed by atoms with Crippen LogP contribution in [0.4, 0.5) is 5.82 Å². The van der Waals surface area contributed by atoms with Gasteiger partial charge in [0.1, 0.15) is 11.1 Å². The zero-order valence-corrected chi connectivity index (χ0v) is 15.1. The van der Waals surface area contributed by atoms with Crippen LogP contribution in [0, 0.1) is 0 Å². The number of nitrogens with zero attached hydrogens (tertiary/aromatic N) is 1. The van der Waals surface area contributed by atoms with Gasteiger partial charge in [-0.1, -0.05) is 37.3 Å². The maximum absolute atomic E-state index is 12.6. The third-order valence-electron chi connectivity index (χ3n) is 4.36. The van der Waals surface area contributed by atoms with E-state index in [1.54, 1.807) is 18.3 Å². The Labute approximate surface area is 148 Å². The molecule has 0 unspecified atom stereocenters. The molecule has 1 atom stereocenters. The highest BCUT2D eigenvalue weighted by molar-refractivity contribution is 7.89. The van der Waals surface area contributed by atoms with Crippen molar-refractivity contribution in [3.63, 3.8) is 0 Å². The van der Waals surface area contributed by atoms with E-state index in [1.165, 1.54) is 9.87 Å². The van der Waals surface area contributed by atoms with Gasteiger partial charge in [-0.25, -0.2) is 13.4 Å². The molecule has 7 heteroatoms. The van der Waals surface area contributed by atoms with Crippen LogP contribution in [0.25, 0.3) is 0 Å². The Hall–Kier alpha value is -1.96. The van der Waals surface area contributed by atoms with E-state index in [0.717, 1.165) is 12.4 Å². The van der Waals surface area contributed by atoms with Crippen LogP contribution >= 0.6 is 0 Å². The lowest BCUT2D eigenvalue weighted by molar-refractivity contribution is -0.364. The van der Waals surface area contributed by atoms with Gasteiger partial charge >= 0.3 is 0 Å². The van der Waals surface area contributed by atoms with Crippen molar-refractivity contribution in [1.82, 2.24) is 4.31 Å². The summed E-state index contributed by atoms with van der Waals surface area (Å²) >= 11 is 0. The summed E-state index contributed by atoms with van der Waals surface area (Å²) in [5, 5.41) is 3.32. The Kier molecular flexibility index (Phi) is 5.67. The van der Waals surface area contributed by atoms with Crippen molar-refractivity contribution in [2.45, 2.75) is 17.7 Å². The van der Waals surface area contributed by atoms with Crippen LogP contribution in [-0.4, -0.2) is 45.6 Å². The molecule has 0 bridgehead atoms. The Morgan fingerprint density at radius 1 is 1.16 bits per heavy atom. The number of aromatic nitrogens is 1. The molecule has 1 aliphatic heterocycles. The summed E-state index contributed by atoms with van der Waals surface area (Å²) in [5.74, 6) is 1.15. The predicted octanol–water partition coefficient (Wildman–Crippen LogP) is 1.74. The molecule has 1 fully saturated rings. The standard InChI is InChI=1S/C18H23N3O3S/c1-15(16-5-3-2-4-6-16)13-19-18-8-7-17(14-20-18)25(22,23)21-9-11-24-12-10-21/h2-8,14-15H,9-13H2,1H3,(H,19,20)/p+1/t15-/m0/s1. The van der Waals surface area contributed by atoms with Crippen LogP contribution in [0.1, 0.15) is 18.4 Å². The number of anilines is 1. The smallest absolute Gasteiger partial charge is 0.272 e. The van der Waals surface area contributed by atoms with Gasteiger partial charge in [-0.2, -0.15) is 4.31 Å². The fourth-order valence-corrected chi connectivity index (χ4v) is 4.16. The molecule has 3 rings (SSSR count). The minimum Gasteiger partial charge on any atom is -0.379 e. The van der Waals surface area contributed by atoms with Crippen LogP contribution in [0.15, 0.2) is 53.6 Å². The van der Waals surface area contributed by atoms with Gasteiger partial charge in [-0.05, 0) is 11.6 Å². The molecule has 1 aromatic carbocycles. The number of sulfonamides is 1. The van der Waals surface area contributed by atoms with Crippen molar-refractivity contribution in [2.75, 3.05) is 38.2 Å². The fourth-order valence-electron chi connectivity index (χ4n) is 2.78. The summed E-state index contributed by atoms with van der Waals surface area (Å²) in [7, 11) is -3.46. The second-order valence-electron chi connectivity index (χ2n) is 6.15. The van der Waals surface area contributed by atoms with E-state index < -0.39 is 10.0 Å². The SMILES string of the molecule is C[C@@H](CNc1ccc(S(=O)(=O)N2CCOCC2)c[nH+]1)c1ccccc1. The van der Waals surface area contributed by atoms with Crippen LogP contribution < -0.4 is 10.3 Å². The van der Waals surface area contributed by atoms with E-state index in [2.05, 4.69) is 29.4 Å². The number of ether oxygens (including phenoxy) is 1. The van der Waals surface area contributed by atoms with Crippen molar-refractivity contribution in [1.29, 1.82) is 0 Å². The molecule has 0 saturated carbocycles. The molecule has 1 aromatic heterocycles. The van der Waals surface area contributed by atoms with E-state index in [-0.39, 0.29) is 4.90 Å². The minimum absolute atomic E-state index is 0.274. The molecular formula is C18H24N3O3S+. The summed E-state index contributed by atoms with van der Waals surface area (Å²) in [5.41, 5.74) is 1.27. The number of aromatic amines is 1. The minimum atomic E-state index is -3.46. The van der Waals surface area contributed by atoms with Gasteiger partial charge in [0, 0.05) is 25.1 Å². The molecule has 2 heterocycles. The summed E-state index contributed by atoms with van der Waals surface area (Å²) in [6, 6.07) is 13.7. The number of morpholine rings is 1. The number of benzene rings is 1. The molecule has 0 spiro atoms. The Morgan fingerprint density at radius 2 is 1.88 bits per heavy atom. The Balaban J connectivity index is 1.62. The quantitative estimate of drug-likeness (QED) is 0.849. The maximum atomic E-state index is 12.6. The van der Waals surface area contributed by atoms with E-state index >= 15 is 0 Å². The van der Waals surface area contributed by atoms with Gasteiger partial charge in [0.2, 0.25) is 10.0 Å². The molecule has 1 aliphatic rings. The van der Waals surface area contributed by atoms with Crippen molar-refractivity contribution in [3.8, 4) is 0 Å². The zero-order valence-electron chi connectivity index (χ0n) is 14.3.